The van der Waals surface area contributed by atoms with Crippen molar-refractivity contribution in [2.24, 2.45) is 0 Å². The summed E-state index contributed by atoms with van der Waals surface area (Å²) in [5.74, 6) is -0.784. The van der Waals surface area contributed by atoms with E-state index < -0.39 is 28.5 Å². The Labute approximate surface area is 230 Å². The van der Waals surface area contributed by atoms with Crippen LogP contribution in [0.1, 0.15) is 55.7 Å². The van der Waals surface area contributed by atoms with Gasteiger partial charge in [-0.25, -0.2) is 8.42 Å². The van der Waals surface area contributed by atoms with Crippen LogP contribution in [-0.2, 0) is 26.2 Å². The highest BCUT2D eigenvalue weighted by Gasteiger charge is 2.32. The van der Waals surface area contributed by atoms with E-state index in [2.05, 4.69) is 5.32 Å². The van der Waals surface area contributed by atoms with Gasteiger partial charge < -0.3 is 10.2 Å². The molecule has 37 heavy (non-hydrogen) atoms. The van der Waals surface area contributed by atoms with Crippen molar-refractivity contribution >= 4 is 50.7 Å². The fraction of sp³-hybridized carbons (Fsp3) is 0.481. The second-order valence-corrected chi connectivity index (χ2v) is 12.5. The molecule has 0 aromatic heterocycles. The monoisotopic (exact) mass is 567 g/mol. The van der Waals surface area contributed by atoms with E-state index >= 15 is 0 Å². The molecular weight excluding hydrogens is 533 g/mol. The molecule has 1 N–H and O–H groups in total. The Hall–Kier alpha value is -2.29. The quantitative estimate of drug-likeness (QED) is 0.448. The maximum absolute atomic E-state index is 13.8. The summed E-state index contributed by atoms with van der Waals surface area (Å²) in [7, 11) is -3.81. The van der Waals surface area contributed by atoms with Crippen LogP contribution in [0, 0.1) is 13.8 Å². The molecule has 1 atom stereocenters. The summed E-state index contributed by atoms with van der Waals surface area (Å²) in [6.45, 7) is 4.84. The predicted molar refractivity (Wildman–Crippen MR) is 150 cm³/mol. The number of sulfonamides is 1. The zero-order valence-corrected chi connectivity index (χ0v) is 24.1. The van der Waals surface area contributed by atoms with Crippen molar-refractivity contribution in [3.63, 3.8) is 0 Å². The highest BCUT2D eigenvalue weighted by molar-refractivity contribution is 7.92. The van der Waals surface area contributed by atoms with Crippen LogP contribution in [0.25, 0.3) is 0 Å². The minimum absolute atomic E-state index is 0.0262. The van der Waals surface area contributed by atoms with E-state index in [4.69, 9.17) is 23.2 Å². The molecule has 3 rings (SSSR count). The van der Waals surface area contributed by atoms with Crippen LogP contribution in [-0.4, -0.2) is 50.0 Å². The fourth-order valence-electron chi connectivity index (χ4n) is 4.76. The molecule has 0 heterocycles. The number of para-hydroxylation sites is 1. The van der Waals surface area contributed by atoms with E-state index in [1.54, 1.807) is 51.1 Å². The third-order valence-corrected chi connectivity index (χ3v) is 8.54. The Balaban J connectivity index is 1.94. The number of carbonyl (C=O) groups excluding carboxylic acids is 2. The summed E-state index contributed by atoms with van der Waals surface area (Å²) in [6, 6.07) is 9.61. The third-order valence-electron chi connectivity index (χ3n) is 6.84. The van der Waals surface area contributed by atoms with E-state index in [0.717, 1.165) is 53.8 Å². The minimum atomic E-state index is -3.81. The summed E-state index contributed by atoms with van der Waals surface area (Å²) in [4.78, 5) is 28.4. The smallest absolute Gasteiger partial charge is 0.244 e. The first kappa shape index (κ1) is 29.3. The number of rotatable bonds is 9. The third kappa shape index (κ3) is 7.62. The van der Waals surface area contributed by atoms with Crippen molar-refractivity contribution in [3.05, 3.63) is 63.1 Å². The summed E-state index contributed by atoms with van der Waals surface area (Å²) in [5.41, 5.74) is 2.53. The van der Waals surface area contributed by atoms with Crippen LogP contribution in [0.3, 0.4) is 0 Å². The van der Waals surface area contributed by atoms with Gasteiger partial charge >= 0.3 is 0 Å². The Bertz CT molecular complexity index is 1230. The Morgan fingerprint density at radius 3 is 2.24 bits per heavy atom. The number of amides is 2. The molecule has 0 bridgehead atoms. The molecule has 0 unspecified atom stereocenters. The summed E-state index contributed by atoms with van der Waals surface area (Å²) >= 11 is 12.5. The normalized spacial score (nSPS) is 15.2. The van der Waals surface area contributed by atoms with Crippen LogP contribution < -0.4 is 9.62 Å². The van der Waals surface area contributed by atoms with Gasteiger partial charge in [0.2, 0.25) is 21.8 Å². The van der Waals surface area contributed by atoms with E-state index in [1.165, 1.54) is 4.90 Å². The van der Waals surface area contributed by atoms with Crippen molar-refractivity contribution < 1.29 is 18.0 Å². The number of aryl methyl sites for hydroxylation is 2. The van der Waals surface area contributed by atoms with Crippen molar-refractivity contribution in [1.29, 1.82) is 0 Å². The van der Waals surface area contributed by atoms with Gasteiger partial charge in [-0.05, 0) is 62.4 Å². The number of nitrogens with zero attached hydrogens (tertiary/aromatic N) is 2. The number of hydrogen-bond donors (Lipinski definition) is 1. The number of halogens is 2. The number of nitrogens with one attached hydrogen (secondary N) is 1. The lowest BCUT2D eigenvalue weighted by Crippen LogP contribution is -2.53. The van der Waals surface area contributed by atoms with E-state index in [0.29, 0.717) is 21.3 Å². The first-order chi connectivity index (χ1) is 17.4. The van der Waals surface area contributed by atoms with E-state index in [-0.39, 0.29) is 18.5 Å². The molecule has 2 amide bonds. The van der Waals surface area contributed by atoms with Crippen LogP contribution >= 0.6 is 23.2 Å². The van der Waals surface area contributed by atoms with E-state index in [1.807, 2.05) is 6.07 Å². The molecule has 1 aliphatic rings. The lowest BCUT2D eigenvalue weighted by Gasteiger charge is -2.33. The number of benzene rings is 2. The molecule has 1 fully saturated rings. The lowest BCUT2D eigenvalue weighted by atomic mass is 9.95. The van der Waals surface area contributed by atoms with Gasteiger partial charge in [-0.2, -0.15) is 0 Å². The summed E-state index contributed by atoms with van der Waals surface area (Å²) in [5, 5.41) is 3.89. The Morgan fingerprint density at radius 2 is 1.68 bits per heavy atom. The van der Waals surface area contributed by atoms with Gasteiger partial charge in [0, 0.05) is 22.6 Å². The van der Waals surface area contributed by atoms with Crippen molar-refractivity contribution in [2.75, 3.05) is 17.1 Å². The lowest BCUT2D eigenvalue weighted by molar-refractivity contribution is -0.139. The molecule has 7 nitrogen and oxygen atoms in total. The zero-order chi connectivity index (χ0) is 27.3. The molecule has 0 radical (unpaired) electrons. The first-order valence-electron chi connectivity index (χ1n) is 12.5. The summed E-state index contributed by atoms with van der Waals surface area (Å²) < 4.78 is 26.8. The number of carbonyl (C=O) groups is 2. The first-order valence-corrected chi connectivity index (χ1v) is 15.1. The van der Waals surface area contributed by atoms with Crippen molar-refractivity contribution in [1.82, 2.24) is 10.2 Å². The molecule has 2 aromatic carbocycles. The minimum Gasteiger partial charge on any atom is -0.352 e. The molecule has 0 spiro atoms. The second kappa shape index (κ2) is 12.5. The highest BCUT2D eigenvalue weighted by atomic mass is 35.5. The average molecular weight is 569 g/mol. The van der Waals surface area contributed by atoms with E-state index in [9.17, 15) is 18.0 Å². The Kier molecular flexibility index (Phi) is 9.89. The van der Waals surface area contributed by atoms with Crippen molar-refractivity contribution in [2.45, 2.75) is 71.5 Å². The molecule has 0 aliphatic heterocycles. The molecule has 2 aromatic rings. The molecule has 202 valence electrons. The van der Waals surface area contributed by atoms with Gasteiger partial charge in [0.1, 0.15) is 12.6 Å². The molecular formula is C27H35Cl2N3O4S. The number of hydrogen-bond acceptors (Lipinski definition) is 4. The van der Waals surface area contributed by atoms with Crippen LogP contribution in [0.2, 0.25) is 10.0 Å². The van der Waals surface area contributed by atoms with Crippen LogP contribution in [0.15, 0.2) is 36.4 Å². The average Bonchev–Trinajstić information content (AvgIpc) is 2.82. The predicted octanol–water partition coefficient (Wildman–Crippen LogP) is 5.24. The maximum atomic E-state index is 13.8. The van der Waals surface area contributed by atoms with Gasteiger partial charge in [-0.15, -0.1) is 0 Å². The fourth-order valence-corrected chi connectivity index (χ4v) is 6.19. The topological polar surface area (TPSA) is 86.8 Å². The summed E-state index contributed by atoms with van der Waals surface area (Å²) in [6.07, 6.45) is 6.16. The largest absolute Gasteiger partial charge is 0.352 e. The zero-order valence-electron chi connectivity index (χ0n) is 21.8. The molecule has 1 aliphatic carbocycles. The van der Waals surface area contributed by atoms with Gasteiger partial charge in [0.15, 0.2) is 0 Å². The van der Waals surface area contributed by atoms with Crippen LogP contribution in [0.5, 0.6) is 0 Å². The van der Waals surface area contributed by atoms with Gasteiger partial charge in [0.05, 0.1) is 11.9 Å². The van der Waals surface area contributed by atoms with Crippen molar-refractivity contribution in [3.8, 4) is 0 Å². The van der Waals surface area contributed by atoms with Gasteiger partial charge in [-0.1, -0.05) is 66.7 Å². The van der Waals surface area contributed by atoms with Gasteiger partial charge in [0.25, 0.3) is 0 Å². The Morgan fingerprint density at radius 1 is 1.05 bits per heavy atom. The standard InChI is InChI=1S/C27H35Cl2N3O4S/c1-18-9-8-10-19(2)26(18)32(37(4,35)36)17-25(33)31(16-21-13-14-22(28)15-24(21)29)20(3)27(34)30-23-11-6-5-7-12-23/h8-10,13-15,20,23H,5-7,11-12,16-17H2,1-4H3,(H,30,34)/t20-/m0/s1. The SMILES string of the molecule is Cc1cccc(C)c1N(CC(=O)N(Cc1ccc(Cl)cc1Cl)[C@@H](C)C(=O)NC1CCCCC1)S(C)(=O)=O. The molecule has 1 saturated carbocycles. The maximum Gasteiger partial charge on any atom is 0.244 e. The van der Waals surface area contributed by atoms with Gasteiger partial charge in [-0.3, -0.25) is 13.9 Å². The highest BCUT2D eigenvalue weighted by Crippen LogP contribution is 2.28. The second-order valence-electron chi connectivity index (χ2n) is 9.79. The van der Waals surface area contributed by atoms with Crippen LogP contribution in [0.4, 0.5) is 5.69 Å². The molecule has 10 heteroatoms. The molecule has 0 saturated heterocycles. The number of anilines is 1.